The van der Waals surface area contributed by atoms with Crippen LogP contribution in [0.2, 0.25) is 0 Å². The lowest BCUT2D eigenvalue weighted by molar-refractivity contribution is 0.0669. The first-order valence-corrected chi connectivity index (χ1v) is 10.6. The van der Waals surface area contributed by atoms with Crippen molar-refractivity contribution in [2.75, 3.05) is 53.4 Å². The van der Waals surface area contributed by atoms with Crippen LogP contribution in [0.5, 0.6) is 0 Å². The number of piperazine rings is 1. The number of carbonyl (C=O) groups is 1. The van der Waals surface area contributed by atoms with Crippen molar-refractivity contribution < 1.29 is 9.63 Å². The minimum Gasteiger partial charge on any atom is -0.399 e. The van der Waals surface area contributed by atoms with Crippen LogP contribution in [-0.2, 0) is 4.84 Å². The summed E-state index contributed by atoms with van der Waals surface area (Å²) in [5, 5.41) is 4.16. The molecule has 6 heteroatoms. The Kier molecular flexibility index (Phi) is 6.45. The summed E-state index contributed by atoms with van der Waals surface area (Å²) in [7, 11) is 3.72. The molecule has 6 nitrogen and oxygen atoms in total. The first-order valence-electron chi connectivity index (χ1n) is 10.6. The lowest BCUT2D eigenvalue weighted by Gasteiger charge is -2.35. The maximum absolute atomic E-state index is 13.4. The molecule has 0 radical (unpaired) electrons. The van der Waals surface area contributed by atoms with E-state index in [2.05, 4.69) is 34.1 Å². The number of nitrogens with zero attached hydrogens (tertiary/aromatic N) is 4. The standard InChI is InChI=1S/C24H30N4O2/c1-26-12-14-27(15-13-26)18-23-16-22(25-30-2)17-28(23)24(29)21-10-8-20(9-11-21)19-6-4-3-5-7-19/h3-11,23H,12-18H2,1-2H3/b25-22-/t23-/m0/s1. The minimum absolute atomic E-state index is 0.0649. The van der Waals surface area contributed by atoms with Crippen LogP contribution >= 0.6 is 0 Å². The molecule has 0 spiro atoms. The number of hydrogen-bond acceptors (Lipinski definition) is 5. The molecular weight excluding hydrogens is 376 g/mol. The zero-order valence-corrected chi connectivity index (χ0v) is 17.8. The quantitative estimate of drug-likeness (QED) is 0.717. The molecule has 2 aliphatic heterocycles. The molecule has 0 unspecified atom stereocenters. The predicted octanol–water partition coefficient (Wildman–Crippen LogP) is 2.82. The van der Waals surface area contributed by atoms with Gasteiger partial charge in [0.25, 0.3) is 5.91 Å². The molecule has 2 aliphatic rings. The van der Waals surface area contributed by atoms with Gasteiger partial charge in [-0.3, -0.25) is 9.69 Å². The van der Waals surface area contributed by atoms with Crippen LogP contribution in [0.25, 0.3) is 11.1 Å². The Balaban J connectivity index is 1.49. The highest BCUT2D eigenvalue weighted by Crippen LogP contribution is 2.23. The molecule has 4 rings (SSSR count). The summed E-state index contributed by atoms with van der Waals surface area (Å²) < 4.78 is 0. The number of oxime groups is 1. The van der Waals surface area contributed by atoms with Crippen molar-refractivity contribution >= 4 is 11.6 Å². The molecule has 0 saturated carbocycles. The largest absolute Gasteiger partial charge is 0.399 e. The molecule has 0 aliphatic carbocycles. The molecule has 2 saturated heterocycles. The van der Waals surface area contributed by atoms with E-state index in [9.17, 15) is 4.79 Å². The van der Waals surface area contributed by atoms with E-state index < -0.39 is 0 Å². The van der Waals surface area contributed by atoms with Gasteiger partial charge in [0.15, 0.2) is 0 Å². The van der Waals surface area contributed by atoms with E-state index in [1.165, 1.54) is 0 Å². The van der Waals surface area contributed by atoms with E-state index in [4.69, 9.17) is 4.84 Å². The number of benzene rings is 2. The highest BCUT2D eigenvalue weighted by atomic mass is 16.6. The van der Waals surface area contributed by atoms with Gasteiger partial charge in [0, 0.05) is 44.7 Å². The van der Waals surface area contributed by atoms with Crippen molar-refractivity contribution in [2.24, 2.45) is 5.16 Å². The molecule has 158 valence electrons. The van der Waals surface area contributed by atoms with Gasteiger partial charge in [0.05, 0.1) is 18.3 Å². The van der Waals surface area contributed by atoms with E-state index in [-0.39, 0.29) is 11.9 Å². The third-order valence-electron chi connectivity index (χ3n) is 6.05. The topological polar surface area (TPSA) is 48.4 Å². The highest BCUT2D eigenvalue weighted by Gasteiger charge is 2.35. The first kappa shape index (κ1) is 20.6. The maximum atomic E-state index is 13.4. The lowest BCUT2D eigenvalue weighted by Crippen LogP contribution is -2.50. The number of hydrogen-bond donors (Lipinski definition) is 0. The Hall–Kier alpha value is -2.70. The number of likely N-dealkylation sites (N-methyl/N-ethyl adjacent to an activating group) is 1. The van der Waals surface area contributed by atoms with Gasteiger partial charge in [-0.25, -0.2) is 0 Å². The Morgan fingerprint density at radius 1 is 1.00 bits per heavy atom. The second-order valence-corrected chi connectivity index (χ2v) is 8.18. The minimum atomic E-state index is 0.0649. The smallest absolute Gasteiger partial charge is 0.254 e. The highest BCUT2D eigenvalue weighted by molar-refractivity contribution is 6.00. The molecule has 0 N–H and O–H groups in total. The summed E-state index contributed by atoms with van der Waals surface area (Å²) in [6.07, 6.45) is 0.772. The van der Waals surface area contributed by atoms with Gasteiger partial charge in [-0.05, 0) is 30.3 Å². The lowest BCUT2D eigenvalue weighted by atomic mass is 10.0. The van der Waals surface area contributed by atoms with Crippen molar-refractivity contribution in [1.82, 2.24) is 14.7 Å². The van der Waals surface area contributed by atoms with Gasteiger partial charge in [0.1, 0.15) is 7.11 Å². The second-order valence-electron chi connectivity index (χ2n) is 8.18. The zero-order chi connectivity index (χ0) is 20.9. The monoisotopic (exact) mass is 406 g/mol. The van der Waals surface area contributed by atoms with Gasteiger partial charge in [0.2, 0.25) is 0 Å². The number of amides is 1. The number of rotatable bonds is 5. The van der Waals surface area contributed by atoms with Crippen molar-refractivity contribution in [3.05, 3.63) is 60.2 Å². The predicted molar refractivity (Wildman–Crippen MR) is 120 cm³/mol. The summed E-state index contributed by atoms with van der Waals surface area (Å²) in [6, 6.07) is 18.3. The van der Waals surface area contributed by atoms with Gasteiger partial charge in [-0.2, -0.15) is 0 Å². The summed E-state index contributed by atoms with van der Waals surface area (Å²) >= 11 is 0. The van der Waals surface area contributed by atoms with Gasteiger partial charge in [-0.1, -0.05) is 47.6 Å². The van der Waals surface area contributed by atoms with E-state index >= 15 is 0 Å². The molecule has 2 fully saturated rings. The van der Waals surface area contributed by atoms with Crippen molar-refractivity contribution in [3.63, 3.8) is 0 Å². The van der Waals surface area contributed by atoms with Crippen molar-refractivity contribution in [2.45, 2.75) is 12.5 Å². The van der Waals surface area contributed by atoms with Gasteiger partial charge in [-0.15, -0.1) is 0 Å². The zero-order valence-electron chi connectivity index (χ0n) is 17.8. The first-order chi connectivity index (χ1) is 14.6. The Morgan fingerprint density at radius 2 is 1.67 bits per heavy atom. The molecule has 2 heterocycles. The molecule has 0 aromatic heterocycles. The summed E-state index contributed by atoms with van der Waals surface area (Å²) in [4.78, 5) is 25.1. The Labute approximate surface area is 178 Å². The normalized spacial score (nSPS) is 21.9. The molecule has 1 atom stereocenters. The summed E-state index contributed by atoms with van der Waals surface area (Å²) in [5.41, 5.74) is 3.92. The fourth-order valence-corrected chi connectivity index (χ4v) is 4.30. The average Bonchev–Trinajstić information content (AvgIpc) is 3.18. The SMILES string of the molecule is CO/N=C1/C[C@@H](CN2CCN(C)CC2)N(C(=O)c2ccc(-c3ccccc3)cc2)C1. The van der Waals surface area contributed by atoms with Gasteiger partial charge < -0.3 is 14.6 Å². The average molecular weight is 407 g/mol. The fraction of sp³-hybridized carbons (Fsp3) is 0.417. The van der Waals surface area contributed by atoms with Crippen molar-refractivity contribution in [3.8, 4) is 11.1 Å². The maximum Gasteiger partial charge on any atom is 0.254 e. The van der Waals surface area contributed by atoms with Crippen molar-refractivity contribution in [1.29, 1.82) is 0 Å². The fourth-order valence-electron chi connectivity index (χ4n) is 4.30. The summed E-state index contributed by atoms with van der Waals surface area (Å²) in [5.74, 6) is 0.0649. The molecular formula is C24H30N4O2. The summed E-state index contributed by atoms with van der Waals surface area (Å²) in [6.45, 7) is 5.63. The van der Waals surface area contributed by atoms with E-state index in [1.54, 1.807) is 7.11 Å². The van der Waals surface area contributed by atoms with E-state index in [1.807, 2.05) is 47.4 Å². The van der Waals surface area contributed by atoms with Crippen LogP contribution in [-0.4, -0.2) is 85.8 Å². The van der Waals surface area contributed by atoms with E-state index in [0.717, 1.165) is 61.5 Å². The second kappa shape index (κ2) is 9.41. The molecule has 1 amide bonds. The molecule has 0 bridgehead atoms. The van der Waals surface area contributed by atoms with E-state index in [0.29, 0.717) is 6.54 Å². The van der Waals surface area contributed by atoms with Crippen LogP contribution in [0, 0.1) is 0 Å². The Bertz CT molecular complexity index is 874. The third-order valence-corrected chi connectivity index (χ3v) is 6.05. The molecule has 2 aromatic rings. The van der Waals surface area contributed by atoms with Crippen LogP contribution in [0.4, 0.5) is 0 Å². The molecule has 30 heavy (non-hydrogen) atoms. The number of carbonyl (C=O) groups excluding carboxylic acids is 1. The van der Waals surface area contributed by atoms with Gasteiger partial charge >= 0.3 is 0 Å². The van der Waals surface area contributed by atoms with Crippen LogP contribution in [0.1, 0.15) is 16.8 Å². The Morgan fingerprint density at radius 3 is 2.33 bits per heavy atom. The number of likely N-dealkylation sites (tertiary alicyclic amines) is 1. The van der Waals surface area contributed by atoms with Crippen LogP contribution in [0.3, 0.4) is 0 Å². The third kappa shape index (κ3) is 4.71. The van der Waals surface area contributed by atoms with Crippen LogP contribution < -0.4 is 0 Å². The van der Waals surface area contributed by atoms with Crippen LogP contribution in [0.15, 0.2) is 59.8 Å². The molecule has 2 aromatic carbocycles.